The number of aliphatic imine (C=N–C) groups is 1. The number of hydrogen-bond acceptors (Lipinski definition) is 3. The minimum Gasteiger partial charge on any atom is -0.357 e. The van der Waals surface area contributed by atoms with Gasteiger partial charge in [0.05, 0.1) is 17.2 Å². The van der Waals surface area contributed by atoms with E-state index in [1.807, 2.05) is 13.8 Å². The maximum atomic E-state index is 13.7. The van der Waals surface area contributed by atoms with Crippen LogP contribution in [0.3, 0.4) is 0 Å². The molecule has 0 saturated carbocycles. The van der Waals surface area contributed by atoms with Gasteiger partial charge in [0.2, 0.25) is 0 Å². The summed E-state index contributed by atoms with van der Waals surface area (Å²) < 4.78 is 14.6. The first-order chi connectivity index (χ1) is 11.1. The fourth-order valence-electron chi connectivity index (χ4n) is 2.00. The SMILES string of the molecule is CCNC(=NCc1cc(Br)ccc1F)NCCc1csc(C)n1.I. The van der Waals surface area contributed by atoms with Gasteiger partial charge < -0.3 is 10.6 Å². The number of nitrogens with one attached hydrogen (secondary N) is 2. The molecule has 2 rings (SSSR count). The molecular weight excluding hydrogens is 506 g/mol. The van der Waals surface area contributed by atoms with Crippen LogP contribution in [-0.2, 0) is 13.0 Å². The number of guanidine groups is 1. The average molecular weight is 527 g/mol. The summed E-state index contributed by atoms with van der Waals surface area (Å²) in [4.78, 5) is 8.87. The topological polar surface area (TPSA) is 49.3 Å². The molecule has 0 saturated heterocycles. The number of rotatable bonds is 6. The molecule has 1 heterocycles. The van der Waals surface area contributed by atoms with Crippen LogP contribution >= 0.6 is 51.2 Å². The largest absolute Gasteiger partial charge is 0.357 e. The van der Waals surface area contributed by atoms with E-state index < -0.39 is 0 Å². The molecule has 0 aliphatic heterocycles. The van der Waals surface area contributed by atoms with E-state index in [0.717, 1.165) is 34.7 Å². The predicted octanol–water partition coefficient (Wildman–Crippen LogP) is 4.27. The van der Waals surface area contributed by atoms with E-state index in [1.54, 1.807) is 23.5 Å². The van der Waals surface area contributed by atoms with Crippen molar-refractivity contribution in [2.75, 3.05) is 13.1 Å². The molecule has 2 N–H and O–H groups in total. The van der Waals surface area contributed by atoms with E-state index in [1.165, 1.54) is 6.07 Å². The Morgan fingerprint density at radius 3 is 2.83 bits per heavy atom. The summed E-state index contributed by atoms with van der Waals surface area (Å²) >= 11 is 5.00. The molecule has 4 nitrogen and oxygen atoms in total. The minimum atomic E-state index is -0.245. The second-order valence-electron chi connectivity index (χ2n) is 4.97. The van der Waals surface area contributed by atoms with Crippen molar-refractivity contribution in [2.45, 2.75) is 26.8 Å². The predicted molar refractivity (Wildman–Crippen MR) is 113 cm³/mol. The third-order valence-electron chi connectivity index (χ3n) is 3.10. The summed E-state index contributed by atoms with van der Waals surface area (Å²) in [6.07, 6.45) is 0.833. The van der Waals surface area contributed by atoms with Crippen molar-refractivity contribution in [3.05, 3.63) is 50.1 Å². The minimum absolute atomic E-state index is 0. The van der Waals surface area contributed by atoms with Gasteiger partial charge in [-0.25, -0.2) is 14.4 Å². The van der Waals surface area contributed by atoms with E-state index in [4.69, 9.17) is 0 Å². The highest BCUT2D eigenvalue weighted by molar-refractivity contribution is 14.0. The smallest absolute Gasteiger partial charge is 0.191 e. The quantitative estimate of drug-likeness (QED) is 0.336. The Morgan fingerprint density at radius 1 is 1.38 bits per heavy atom. The van der Waals surface area contributed by atoms with E-state index >= 15 is 0 Å². The highest BCUT2D eigenvalue weighted by atomic mass is 127. The van der Waals surface area contributed by atoms with Crippen LogP contribution in [0.5, 0.6) is 0 Å². The zero-order chi connectivity index (χ0) is 16.7. The second-order valence-corrected chi connectivity index (χ2v) is 6.94. The summed E-state index contributed by atoms with van der Waals surface area (Å²) in [7, 11) is 0. The van der Waals surface area contributed by atoms with Crippen molar-refractivity contribution >= 4 is 57.2 Å². The van der Waals surface area contributed by atoms with Crippen LogP contribution < -0.4 is 10.6 Å². The van der Waals surface area contributed by atoms with Gasteiger partial charge in [-0.1, -0.05) is 15.9 Å². The molecule has 0 aliphatic carbocycles. The molecule has 1 aromatic heterocycles. The third-order valence-corrected chi connectivity index (χ3v) is 4.42. The Labute approximate surface area is 171 Å². The number of aryl methyl sites for hydroxylation is 1. The summed E-state index contributed by atoms with van der Waals surface area (Å²) in [5, 5.41) is 9.56. The number of benzene rings is 1. The zero-order valence-corrected chi connectivity index (χ0v) is 18.3. The van der Waals surface area contributed by atoms with E-state index in [9.17, 15) is 4.39 Å². The van der Waals surface area contributed by atoms with Crippen molar-refractivity contribution in [1.82, 2.24) is 15.6 Å². The highest BCUT2D eigenvalue weighted by Crippen LogP contribution is 2.16. The van der Waals surface area contributed by atoms with Crippen molar-refractivity contribution in [1.29, 1.82) is 0 Å². The van der Waals surface area contributed by atoms with Crippen LogP contribution in [0.4, 0.5) is 4.39 Å². The van der Waals surface area contributed by atoms with Gasteiger partial charge in [-0.2, -0.15) is 0 Å². The molecule has 0 unspecified atom stereocenters. The lowest BCUT2D eigenvalue weighted by molar-refractivity contribution is 0.610. The Balaban J connectivity index is 0.00000288. The van der Waals surface area contributed by atoms with E-state index in [2.05, 4.69) is 41.9 Å². The standard InChI is InChI=1S/C16H20BrFN4S.HI/c1-3-19-16(20-7-6-14-10-23-11(2)22-14)21-9-12-8-13(17)4-5-15(12)18;/h4-5,8,10H,3,6-7,9H2,1-2H3,(H2,19,20,21);1H. The van der Waals surface area contributed by atoms with Crippen molar-refractivity contribution in [3.63, 3.8) is 0 Å². The zero-order valence-electron chi connectivity index (χ0n) is 13.6. The van der Waals surface area contributed by atoms with E-state index in [0.29, 0.717) is 11.5 Å². The van der Waals surface area contributed by atoms with Crippen LogP contribution in [0.2, 0.25) is 0 Å². The lowest BCUT2D eigenvalue weighted by atomic mass is 10.2. The molecule has 8 heteroatoms. The summed E-state index contributed by atoms with van der Waals surface area (Å²) in [5.74, 6) is 0.435. The number of thiazole rings is 1. The maximum absolute atomic E-state index is 13.7. The fourth-order valence-corrected chi connectivity index (χ4v) is 3.06. The average Bonchev–Trinajstić information content (AvgIpc) is 2.93. The van der Waals surface area contributed by atoms with Crippen molar-refractivity contribution in [3.8, 4) is 0 Å². The Hall–Kier alpha value is -0.740. The highest BCUT2D eigenvalue weighted by Gasteiger charge is 2.04. The summed E-state index contributed by atoms with van der Waals surface area (Å²) in [5.41, 5.74) is 1.64. The van der Waals surface area contributed by atoms with Gasteiger partial charge in [-0.3, -0.25) is 0 Å². The number of nitrogens with zero attached hydrogens (tertiary/aromatic N) is 2. The van der Waals surface area contributed by atoms with Crippen LogP contribution in [-0.4, -0.2) is 24.0 Å². The monoisotopic (exact) mass is 526 g/mol. The summed E-state index contributed by atoms with van der Waals surface area (Å²) in [6, 6.07) is 4.88. The van der Waals surface area contributed by atoms with Crippen LogP contribution in [0.15, 0.2) is 33.0 Å². The normalized spacial score (nSPS) is 11.1. The molecule has 0 amide bonds. The Kier molecular flexibility index (Phi) is 9.75. The third kappa shape index (κ3) is 7.02. The van der Waals surface area contributed by atoms with Gasteiger partial charge in [-0.05, 0) is 32.0 Å². The molecular formula is C16H21BrFIN4S. The molecule has 0 fully saturated rings. The van der Waals surface area contributed by atoms with Gasteiger partial charge in [0, 0.05) is 34.9 Å². The van der Waals surface area contributed by atoms with Crippen molar-refractivity contribution in [2.24, 2.45) is 4.99 Å². The van der Waals surface area contributed by atoms with Gasteiger partial charge in [0.25, 0.3) is 0 Å². The van der Waals surface area contributed by atoms with E-state index in [-0.39, 0.29) is 36.3 Å². The first-order valence-electron chi connectivity index (χ1n) is 7.45. The number of hydrogen-bond donors (Lipinski definition) is 2. The fraction of sp³-hybridized carbons (Fsp3) is 0.375. The van der Waals surface area contributed by atoms with Gasteiger partial charge in [-0.15, -0.1) is 35.3 Å². The maximum Gasteiger partial charge on any atom is 0.191 e. The molecule has 1 aromatic carbocycles. The molecule has 0 bridgehead atoms. The Bertz CT molecular complexity index is 678. The molecule has 0 spiro atoms. The Morgan fingerprint density at radius 2 is 2.17 bits per heavy atom. The first kappa shape index (κ1) is 21.3. The molecule has 0 radical (unpaired) electrons. The van der Waals surface area contributed by atoms with Crippen LogP contribution in [0.1, 0.15) is 23.2 Å². The second kappa shape index (κ2) is 11.0. The number of aromatic nitrogens is 1. The first-order valence-corrected chi connectivity index (χ1v) is 9.13. The molecule has 24 heavy (non-hydrogen) atoms. The molecule has 0 aliphatic rings. The lowest BCUT2D eigenvalue weighted by Crippen LogP contribution is -2.38. The lowest BCUT2D eigenvalue weighted by Gasteiger charge is -2.11. The molecule has 0 atom stereocenters. The molecule has 2 aromatic rings. The van der Waals surface area contributed by atoms with Crippen molar-refractivity contribution < 1.29 is 4.39 Å². The number of halogens is 3. The van der Waals surface area contributed by atoms with Gasteiger partial charge in [0.1, 0.15) is 5.82 Å². The van der Waals surface area contributed by atoms with Gasteiger partial charge >= 0.3 is 0 Å². The van der Waals surface area contributed by atoms with Crippen LogP contribution in [0, 0.1) is 12.7 Å². The molecule has 132 valence electrons. The summed E-state index contributed by atoms with van der Waals surface area (Å²) in [6.45, 7) is 5.77. The van der Waals surface area contributed by atoms with Gasteiger partial charge in [0.15, 0.2) is 5.96 Å². The van der Waals surface area contributed by atoms with Crippen LogP contribution in [0.25, 0.3) is 0 Å².